The van der Waals surface area contributed by atoms with E-state index in [4.69, 9.17) is 4.74 Å². The van der Waals surface area contributed by atoms with Crippen LogP contribution in [0.1, 0.15) is 40.1 Å². The molecular formula is C25H23N3O6. The van der Waals surface area contributed by atoms with Crippen molar-refractivity contribution < 1.29 is 24.0 Å². The van der Waals surface area contributed by atoms with Crippen LogP contribution in [0.15, 0.2) is 72.8 Å². The maximum atomic E-state index is 12.6. The van der Waals surface area contributed by atoms with Crippen LogP contribution < -0.4 is 10.6 Å². The third-order valence-electron chi connectivity index (χ3n) is 4.90. The predicted molar refractivity (Wildman–Crippen MR) is 127 cm³/mol. The first-order valence-corrected chi connectivity index (χ1v) is 10.4. The maximum Gasteiger partial charge on any atom is 0.339 e. The topological polar surface area (TPSA) is 128 Å². The van der Waals surface area contributed by atoms with Crippen LogP contribution in [0.25, 0.3) is 0 Å². The van der Waals surface area contributed by atoms with E-state index < -0.39 is 22.8 Å². The molecular weight excluding hydrogens is 438 g/mol. The average Bonchev–Trinajstić information content (AvgIpc) is 2.82. The van der Waals surface area contributed by atoms with Crippen molar-refractivity contribution in [2.75, 3.05) is 10.6 Å². The molecule has 0 saturated carbocycles. The summed E-state index contributed by atoms with van der Waals surface area (Å²) in [4.78, 5) is 47.2. The van der Waals surface area contributed by atoms with Gasteiger partial charge in [0.2, 0.25) is 11.7 Å². The van der Waals surface area contributed by atoms with Crippen LogP contribution >= 0.6 is 0 Å². The number of esters is 1. The highest BCUT2D eigenvalue weighted by atomic mass is 16.6. The molecule has 34 heavy (non-hydrogen) atoms. The van der Waals surface area contributed by atoms with E-state index in [-0.39, 0.29) is 22.8 Å². The van der Waals surface area contributed by atoms with Gasteiger partial charge in [-0.05, 0) is 48.9 Å². The number of nitro benzene ring substituents is 1. The third-order valence-corrected chi connectivity index (χ3v) is 4.90. The average molecular weight is 461 g/mol. The Hall–Kier alpha value is -4.53. The standard InChI is InChI=1S/C25H23N3O6/c1-16(24(30)19-8-11-21(12-9-19)27-17(2)29)34-25(31)20-10-13-22(23(14-20)28(32)33)26-15-18-6-4-3-5-7-18/h3-14,16,26H,15H2,1-2H3,(H,27,29). The van der Waals surface area contributed by atoms with Crippen molar-refractivity contribution in [2.24, 2.45) is 0 Å². The first kappa shape index (κ1) is 24.1. The van der Waals surface area contributed by atoms with Gasteiger partial charge >= 0.3 is 5.97 Å². The summed E-state index contributed by atoms with van der Waals surface area (Å²) in [5.74, 6) is -1.54. The number of amides is 1. The molecule has 0 spiro atoms. The Morgan fingerprint density at radius 3 is 2.24 bits per heavy atom. The zero-order valence-corrected chi connectivity index (χ0v) is 18.6. The minimum Gasteiger partial charge on any atom is -0.451 e. The highest BCUT2D eigenvalue weighted by Crippen LogP contribution is 2.27. The van der Waals surface area contributed by atoms with Crippen molar-refractivity contribution in [3.8, 4) is 0 Å². The second-order valence-electron chi connectivity index (χ2n) is 7.50. The number of Topliss-reactive ketones (excluding diaryl/α,β-unsaturated/α-hetero) is 1. The lowest BCUT2D eigenvalue weighted by atomic mass is 10.1. The van der Waals surface area contributed by atoms with Crippen molar-refractivity contribution in [3.05, 3.63) is 99.6 Å². The molecule has 0 aliphatic carbocycles. The molecule has 1 unspecified atom stereocenters. The summed E-state index contributed by atoms with van der Waals surface area (Å²) in [5.41, 5.74) is 1.70. The van der Waals surface area contributed by atoms with E-state index in [1.165, 1.54) is 38.1 Å². The highest BCUT2D eigenvalue weighted by Gasteiger charge is 2.23. The number of hydrogen-bond acceptors (Lipinski definition) is 7. The number of rotatable bonds is 9. The number of benzene rings is 3. The van der Waals surface area contributed by atoms with Gasteiger partial charge in [-0.3, -0.25) is 19.7 Å². The van der Waals surface area contributed by atoms with Crippen LogP contribution in [0, 0.1) is 10.1 Å². The van der Waals surface area contributed by atoms with Gasteiger partial charge in [0.25, 0.3) is 5.69 Å². The molecule has 0 aliphatic heterocycles. The van der Waals surface area contributed by atoms with Gasteiger partial charge in [0.15, 0.2) is 6.10 Å². The maximum absolute atomic E-state index is 12.6. The van der Waals surface area contributed by atoms with Gasteiger partial charge in [-0.2, -0.15) is 0 Å². The summed E-state index contributed by atoms with van der Waals surface area (Å²) in [6, 6.07) is 19.5. The molecule has 1 atom stereocenters. The minimum absolute atomic E-state index is 0.0439. The molecule has 9 nitrogen and oxygen atoms in total. The zero-order valence-electron chi connectivity index (χ0n) is 18.6. The van der Waals surface area contributed by atoms with Crippen LogP contribution in [0.4, 0.5) is 17.1 Å². The highest BCUT2D eigenvalue weighted by molar-refractivity contribution is 6.02. The molecule has 0 aliphatic rings. The second kappa shape index (κ2) is 10.9. The molecule has 0 aromatic heterocycles. The quantitative estimate of drug-likeness (QED) is 0.206. The van der Waals surface area contributed by atoms with E-state index in [2.05, 4.69) is 10.6 Å². The lowest BCUT2D eigenvalue weighted by Crippen LogP contribution is -2.24. The SMILES string of the molecule is CC(=O)Nc1ccc(C(=O)C(C)OC(=O)c2ccc(NCc3ccccc3)c([N+](=O)[O-])c2)cc1. The fraction of sp³-hybridized carbons (Fsp3) is 0.160. The largest absolute Gasteiger partial charge is 0.451 e. The number of carbonyl (C=O) groups excluding carboxylic acids is 3. The molecule has 0 heterocycles. The Morgan fingerprint density at radius 1 is 0.971 bits per heavy atom. The lowest BCUT2D eigenvalue weighted by Gasteiger charge is -2.13. The zero-order chi connectivity index (χ0) is 24.7. The van der Waals surface area contributed by atoms with E-state index in [1.54, 1.807) is 12.1 Å². The van der Waals surface area contributed by atoms with E-state index in [0.717, 1.165) is 11.6 Å². The fourth-order valence-corrected chi connectivity index (χ4v) is 3.19. The Labute approximate surface area is 195 Å². The Morgan fingerprint density at radius 2 is 1.62 bits per heavy atom. The van der Waals surface area contributed by atoms with Crippen LogP contribution in [0.2, 0.25) is 0 Å². The summed E-state index contributed by atoms with van der Waals surface area (Å²) in [7, 11) is 0. The van der Waals surface area contributed by atoms with Crippen molar-refractivity contribution in [1.82, 2.24) is 0 Å². The van der Waals surface area contributed by atoms with Crippen molar-refractivity contribution in [3.63, 3.8) is 0 Å². The summed E-state index contributed by atoms with van der Waals surface area (Å²) < 4.78 is 5.25. The summed E-state index contributed by atoms with van der Waals surface area (Å²) in [6.45, 7) is 3.17. The summed E-state index contributed by atoms with van der Waals surface area (Å²) >= 11 is 0. The van der Waals surface area contributed by atoms with Crippen LogP contribution in [-0.4, -0.2) is 28.7 Å². The number of ketones is 1. The minimum atomic E-state index is -1.12. The van der Waals surface area contributed by atoms with E-state index >= 15 is 0 Å². The predicted octanol–water partition coefficient (Wildman–Crippen LogP) is 4.59. The number of nitro groups is 1. The monoisotopic (exact) mass is 461 g/mol. The molecule has 3 aromatic carbocycles. The van der Waals surface area contributed by atoms with Gasteiger partial charge in [-0.1, -0.05) is 30.3 Å². The molecule has 0 radical (unpaired) electrons. The van der Waals surface area contributed by atoms with Gasteiger partial charge < -0.3 is 15.4 Å². The molecule has 174 valence electrons. The number of hydrogen-bond donors (Lipinski definition) is 2. The van der Waals surface area contributed by atoms with Crippen molar-refractivity contribution in [2.45, 2.75) is 26.5 Å². The molecule has 0 saturated heterocycles. The Kier molecular flexibility index (Phi) is 7.71. The molecule has 0 bridgehead atoms. The van der Waals surface area contributed by atoms with E-state index in [1.807, 2.05) is 30.3 Å². The molecule has 0 fully saturated rings. The number of anilines is 2. The van der Waals surface area contributed by atoms with E-state index in [0.29, 0.717) is 17.8 Å². The third kappa shape index (κ3) is 6.26. The van der Waals surface area contributed by atoms with Gasteiger partial charge in [0, 0.05) is 30.8 Å². The van der Waals surface area contributed by atoms with Gasteiger partial charge in [-0.25, -0.2) is 4.79 Å². The number of nitrogens with one attached hydrogen (secondary N) is 2. The second-order valence-corrected chi connectivity index (χ2v) is 7.50. The molecule has 9 heteroatoms. The molecule has 3 rings (SSSR count). The fourth-order valence-electron chi connectivity index (χ4n) is 3.19. The molecule has 3 aromatic rings. The number of ether oxygens (including phenoxy) is 1. The van der Waals surface area contributed by atoms with Gasteiger partial charge in [0.05, 0.1) is 10.5 Å². The van der Waals surface area contributed by atoms with Gasteiger partial charge in [-0.15, -0.1) is 0 Å². The Bertz CT molecular complexity index is 1210. The number of carbonyl (C=O) groups is 3. The Balaban J connectivity index is 1.68. The summed E-state index contributed by atoms with van der Waals surface area (Å²) in [6.07, 6.45) is -1.12. The van der Waals surface area contributed by atoms with Crippen molar-refractivity contribution in [1.29, 1.82) is 0 Å². The van der Waals surface area contributed by atoms with E-state index in [9.17, 15) is 24.5 Å². The van der Waals surface area contributed by atoms with Crippen molar-refractivity contribution >= 4 is 34.7 Å². The smallest absolute Gasteiger partial charge is 0.339 e. The number of nitrogens with zero attached hydrogens (tertiary/aromatic N) is 1. The van der Waals surface area contributed by atoms with Gasteiger partial charge in [0.1, 0.15) is 5.69 Å². The first-order chi connectivity index (χ1) is 16.2. The molecule has 1 amide bonds. The van der Waals surface area contributed by atoms with Crippen LogP contribution in [0.5, 0.6) is 0 Å². The lowest BCUT2D eigenvalue weighted by molar-refractivity contribution is -0.384. The van der Waals surface area contributed by atoms with Crippen LogP contribution in [0.3, 0.4) is 0 Å². The molecule has 2 N–H and O–H groups in total. The van der Waals surface area contributed by atoms with Crippen LogP contribution in [-0.2, 0) is 16.1 Å². The summed E-state index contributed by atoms with van der Waals surface area (Å²) in [5, 5.41) is 17.1. The normalized spacial score (nSPS) is 11.2. The first-order valence-electron chi connectivity index (χ1n) is 10.4.